The normalized spacial score (nSPS) is 12.3. The molecule has 0 bridgehead atoms. The van der Waals surface area contributed by atoms with Crippen molar-refractivity contribution in [2.75, 3.05) is 0 Å². The Morgan fingerprint density at radius 2 is 2.26 bits per heavy atom. The number of hydrogen-bond donors (Lipinski definition) is 2. The van der Waals surface area contributed by atoms with E-state index in [2.05, 4.69) is 21.2 Å². The molecule has 5 heteroatoms. The molecule has 0 radical (unpaired) electrons. The topological polar surface area (TPSA) is 60.1 Å². The molecular weight excluding hydrogens is 306 g/mol. The third-order valence-electron chi connectivity index (χ3n) is 2.87. The number of nitrogens with two attached hydrogens (primary N) is 1. The number of nitrogens with zero attached hydrogens (tertiary/aromatic N) is 1. The molecule has 19 heavy (non-hydrogen) atoms. The van der Waals surface area contributed by atoms with Gasteiger partial charge in [0, 0.05) is 30.5 Å². The summed E-state index contributed by atoms with van der Waals surface area (Å²) in [6.07, 6.45) is 3.97. The number of carbonyl (C=O) groups excluding carboxylic acids is 1. The van der Waals surface area contributed by atoms with E-state index < -0.39 is 6.04 Å². The van der Waals surface area contributed by atoms with Gasteiger partial charge in [-0.2, -0.15) is 0 Å². The molecule has 1 atom stereocenters. The Bertz CT molecular complexity index is 580. The van der Waals surface area contributed by atoms with Gasteiger partial charge in [0.1, 0.15) is 6.04 Å². The van der Waals surface area contributed by atoms with E-state index in [1.165, 1.54) is 0 Å². The van der Waals surface area contributed by atoms with Gasteiger partial charge in [-0.05, 0) is 29.3 Å². The van der Waals surface area contributed by atoms with Crippen LogP contribution in [0.1, 0.15) is 17.2 Å². The molecule has 0 aliphatic heterocycles. The van der Waals surface area contributed by atoms with E-state index in [0.29, 0.717) is 6.54 Å². The van der Waals surface area contributed by atoms with Crippen LogP contribution in [0.15, 0.2) is 47.2 Å². The largest absolute Gasteiger partial charge is 0.368 e. The second-order valence-corrected chi connectivity index (χ2v) is 5.37. The van der Waals surface area contributed by atoms with Gasteiger partial charge in [-0.3, -0.25) is 10.1 Å². The van der Waals surface area contributed by atoms with Gasteiger partial charge in [0.05, 0.1) is 0 Å². The first-order chi connectivity index (χ1) is 9.06. The summed E-state index contributed by atoms with van der Waals surface area (Å²) in [5.41, 5.74) is 7.44. The van der Waals surface area contributed by atoms with Crippen molar-refractivity contribution in [3.63, 3.8) is 0 Å². The number of carbonyl (C=O) groups is 1. The Balaban J connectivity index is 2.10. The molecule has 4 nitrogen and oxygen atoms in total. The standard InChI is InChI=1S/C14H16BrN3O/c1-18-6-5-10(9-18)8-17-13(14(16)19)11-3-2-4-12(15)7-11/h2-7,9,13,17H,8H2,1H3,(H2,16,19). The fraction of sp³-hybridized carbons (Fsp3) is 0.214. The highest BCUT2D eigenvalue weighted by atomic mass is 79.9. The van der Waals surface area contributed by atoms with Crippen LogP contribution in [0.25, 0.3) is 0 Å². The van der Waals surface area contributed by atoms with E-state index in [0.717, 1.165) is 15.6 Å². The highest BCUT2D eigenvalue weighted by Crippen LogP contribution is 2.18. The van der Waals surface area contributed by atoms with E-state index in [1.807, 2.05) is 54.3 Å². The smallest absolute Gasteiger partial charge is 0.239 e. The highest BCUT2D eigenvalue weighted by Gasteiger charge is 2.17. The molecule has 0 saturated heterocycles. The maximum Gasteiger partial charge on any atom is 0.239 e. The van der Waals surface area contributed by atoms with Crippen LogP contribution in [0, 0.1) is 0 Å². The summed E-state index contributed by atoms with van der Waals surface area (Å²) < 4.78 is 2.90. The summed E-state index contributed by atoms with van der Waals surface area (Å²) in [6.45, 7) is 0.598. The van der Waals surface area contributed by atoms with Crippen molar-refractivity contribution < 1.29 is 4.79 Å². The summed E-state index contributed by atoms with van der Waals surface area (Å²) in [4.78, 5) is 11.6. The van der Waals surface area contributed by atoms with Crippen LogP contribution in [0.5, 0.6) is 0 Å². The Hall–Kier alpha value is -1.59. The van der Waals surface area contributed by atoms with Crippen LogP contribution in [0.4, 0.5) is 0 Å². The molecule has 0 fully saturated rings. The first-order valence-electron chi connectivity index (χ1n) is 5.95. The molecule has 1 aromatic carbocycles. The van der Waals surface area contributed by atoms with E-state index >= 15 is 0 Å². The van der Waals surface area contributed by atoms with Crippen LogP contribution >= 0.6 is 15.9 Å². The zero-order chi connectivity index (χ0) is 13.8. The minimum atomic E-state index is -0.488. The summed E-state index contributed by atoms with van der Waals surface area (Å²) in [5, 5.41) is 3.18. The molecule has 0 saturated carbocycles. The average molecular weight is 322 g/mol. The average Bonchev–Trinajstić information content (AvgIpc) is 2.75. The highest BCUT2D eigenvalue weighted by molar-refractivity contribution is 9.10. The number of rotatable bonds is 5. The molecule has 1 heterocycles. The second-order valence-electron chi connectivity index (χ2n) is 4.46. The molecule has 100 valence electrons. The van der Waals surface area contributed by atoms with Crippen molar-refractivity contribution >= 4 is 21.8 Å². The third kappa shape index (κ3) is 3.68. The SMILES string of the molecule is Cn1ccc(CNC(C(N)=O)c2cccc(Br)c2)c1. The van der Waals surface area contributed by atoms with Crippen molar-refractivity contribution in [2.45, 2.75) is 12.6 Å². The van der Waals surface area contributed by atoms with Crippen LogP contribution in [0.3, 0.4) is 0 Å². The molecule has 0 aliphatic carbocycles. The molecule has 0 aliphatic rings. The number of nitrogens with one attached hydrogen (secondary N) is 1. The van der Waals surface area contributed by atoms with Gasteiger partial charge in [-0.1, -0.05) is 28.1 Å². The number of aromatic nitrogens is 1. The molecular formula is C14H16BrN3O. The lowest BCUT2D eigenvalue weighted by Crippen LogP contribution is -2.33. The monoisotopic (exact) mass is 321 g/mol. The quantitative estimate of drug-likeness (QED) is 0.886. The summed E-state index contributed by atoms with van der Waals surface area (Å²) >= 11 is 3.40. The minimum absolute atomic E-state index is 0.381. The van der Waals surface area contributed by atoms with Gasteiger partial charge in [0.25, 0.3) is 0 Å². The fourth-order valence-corrected chi connectivity index (χ4v) is 2.37. The van der Waals surface area contributed by atoms with Crippen molar-refractivity contribution in [1.29, 1.82) is 0 Å². The number of hydrogen-bond acceptors (Lipinski definition) is 2. The van der Waals surface area contributed by atoms with Gasteiger partial charge < -0.3 is 10.3 Å². The van der Waals surface area contributed by atoms with Gasteiger partial charge in [-0.15, -0.1) is 0 Å². The van der Waals surface area contributed by atoms with Gasteiger partial charge in [-0.25, -0.2) is 0 Å². The summed E-state index contributed by atoms with van der Waals surface area (Å²) in [5.74, 6) is -0.381. The molecule has 2 rings (SSSR count). The number of amides is 1. The third-order valence-corrected chi connectivity index (χ3v) is 3.36. The number of primary amides is 1. The Morgan fingerprint density at radius 1 is 1.47 bits per heavy atom. The molecule has 2 aromatic rings. The summed E-state index contributed by atoms with van der Waals surface area (Å²) in [7, 11) is 1.96. The lowest BCUT2D eigenvalue weighted by molar-refractivity contribution is -0.120. The van der Waals surface area contributed by atoms with Crippen LogP contribution in [0.2, 0.25) is 0 Å². The first-order valence-corrected chi connectivity index (χ1v) is 6.74. The second kappa shape index (κ2) is 6.04. The lowest BCUT2D eigenvalue weighted by Gasteiger charge is -2.15. The van der Waals surface area contributed by atoms with Crippen LogP contribution in [-0.2, 0) is 18.4 Å². The molecule has 1 aromatic heterocycles. The van der Waals surface area contributed by atoms with Crippen molar-refractivity contribution in [2.24, 2.45) is 12.8 Å². The molecule has 0 spiro atoms. The van der Waals surface area contributed by atoms with Gasteiger partial charge >= 0.3 is 0 Å². The number of aryl methyl sites for hydroxylation is 1. The van der Waals surface area contributed by atoms with E-state index in [1.54, 1.807) is 0 Å². The Labute approximate surface area is 120 Å². The van der Waals surface area contributed by atoms with Crippen molar-refractivity contribution in [1.82, 2.24) is 9.88 Å². The van der Waals surface area contributed by atoms with Crippen LogP contribution in [-0.4, -0.2) is 10.5 Å². The van der Waals surface area contributed by atoms with E-state index in [9.17, 15) is 4.79 Å². The maximum absolute atomic E-state index is 11.6. The predicted molar refractivity (Wildman–Crippen MR) is 78.3 cm³/mol. The maximum atomic E-state index is 11.6. The van der Waals surface area contributed by atoms with Crippen LogP contribution < -0.4 is 11.1 Å². The minimum Gasteiger partial charge on any atom is -0.368 e. The van der Waals surface area contributed by atoms with Crippen molar-refractivity contribution in [3.8, 4) is 0 Å². The predicted octanol–water partition coefficient (Wildman–Crippen LogP) is 2.10. The molecule has 1 amide bonds. The Kier molecular flexibility index (Phi) is 4.39. The molecule has 1 unspecified atom stereocenters. The zero-order valence-electron chi connectivity index (χ0n) is 10.6. The van der Waals surface area contributed by atoms with Gasteiger partial charge in [0.15, 0.2) is 0 Å². The van der Waals surface area contributed by atoms with E-state index in [-0.39, 0.29) is 5.91 Å². The zero-order valence-corrected chi connectivity index (χ0v) is 12.2. The van der Waals surface area contributed by atoms with E-state index in [4.69, 9.17) is 5.73 Å². The molecule has 3 N–H and O–H groups in total. The summed E-state index contributed by atoms with van der Waals surface area (Å²) in [6, 6.07) is 9.10. The number of benzene rings is 1. The van der Waals surface area contributed by atoms with Crippen molar-refractivity contribution in [3.05, 3.63) is 58.3 Å². The fourth-order valence-electron chi connectivity index (χ4n) is 1.95. The van der Waals surface area contributed by atoms with Gasteiger partial charge in [0.2, 0.25) is 5.91 Å². The number of halogens is 1. The Morgan fingerprint density at radius 3 is 2.84 bits per heavy atom. The lowest BCUT2D eigenvalue weighted by atomic mass is 10.1. The first kappa shape index (κ1) is 13.8.